The summed E-state index contributed by atoms with van der Waals surface area (Å²) in [7, 11) is 0. The number of aromatic nitrogens is 3. The van der Waals surface area contributed by atoms with Gasteiger partial charge in [-0.25, -0.2) is 0 Å². The van der Waals surface area contributed by atoms with Crippen LogP contribution in [0.1, 0.15) is 48.2 Å². The molecular weight excluding hydrogens is 328 g/mol. The molecule has 1 saturated carbocycles. The van der Waals surface area contributed by atoms with Gasteiger partial charge in [0.05, 0.1) is 5.56 Å². The fourth-order valence-corrected chi connectivity index (χ4v) is 3.81. The van der Waals surface area contributed by atoms with Crippen LogP contribution in [0.15, 0.2) is 41.2 Å². The Bertz CT molecular complexity index is 983. The van der Waals surface area contributed by atoms with Gasteiger partial charge in [0.1, 0.15) is 0 Å². The molecule has 6 heteroatoms. The van der Waals surface area contributed by atoms with Crippen LogP contribution in [0.2, 0.25) is 0 Å². The summed E-state index contributed by atoms with van der Waals surface area (Å²) in [6.45, 7) is 0. The van der Waals surface area contributed by atoms with E-state index in [-0.39, 0.29) is 11.5 Å². The predicted octanol–water partition coefficient (Wildman–Crippen LogP) is 3.63. The fraction of sp³-hybridized carbons (Fsp3) is 0.350. The molecule has 1 aromatic carbocycles. The number of pyridine rings is 1. The average molecular weight is 350 g/mol. The average Bonchev–Trinajstić information content (AvgIpc) is 3.08. The van der Waals surface area contributed by atoms with Gasteiger partial charge in [-0.05, 0) is 18.4 Å². The van der Waals surface area contributed by atoms with Gasteiger partial charge in [-0.1, -0.05) is 50.3 Å². The number of amides is 1. The maximum atomic E-state index is 12.7. The fourth-order valence-electron chi connectivity index (χ4n) is 3.81. The zero-order chi connectivity index (χ0) is 17.9. The van der Waals surface area contributed by atoms with E-state index in [4.69, 9.17) is 0 Å². The molecule has 3 N–H and O–H groups in total. The molecule has 0 unspecified atom stereocenters. The molecule has 0 spiro atoms. The number of benzene rings is 1. The van der Waals surface area contributed by atoms with Gasteiger partial charge in [-0.15, -0.1) is 0 Å². The van der Waals surface area contributed by atoms with Crippen LogP contribution in [0.4, 0.5) is 5.82 Å². The molecule has 4 rings (SSSR count). The van der Waals surface area contributed by atoms with Crippen molar-refractivity contribution in [3.8, 4) is 0 Å². The summed E-state index contributed by atoms with van der Waals surface area (Å²) in [5.41, 5.74) is 1.74. The molecule has 134 valence electrons. The van der Waals surface area contributed by atoms with E-state index in [0.29, 0.717) is 28.2 Å². The molecule has 3 aromatic rings. The zero-order valence-electron chi connectivity index (χ0n) is 14.5. The van der Waals surface area contributed by atoms with E-state index in [1.807, 2.05) is 24.3 Å². The van der Waals surface area contributed by atoms with Gasteiger partial charge in [-0.2, -0.15) is 5.10 Å². The van der Waals surface area contributed by atoms with Crippen molar-refractivity contribution in [2.24, 2.45) is 5.92 Å². The van der Waals surface area contributed by atoms with E-state index in [0.717, 1.165) is 12.1 Å². The van der Waals surface area contributed by atoms with Crippen LogP contribution in [0, 0.1) is 5.92 Å². The lowest BCUT2D eigenvalue weighted by Crippen LogP contribution is -2.17. The van der Waals surface area contributed by atoms with Crippen molar-refractivity contribution in [3.63, 3.8) is 0 Å². The molecular formula is C20H22N4O2. The molecule has 1 aliphatic rings. The summed E-state index contributed by atoms with van der Waals surface area (Å²) in [5, 5.41) is 10.7. The number of nitrogens with one attached hydrogen (secondary N) is 3. The third kappa shape index (κ3) is 3.54. The molecule has 0 saturated heterocycles. The van der Waals surface area contributed by atoms with E-state index in [9.17, 15) is 9.59 Å². The molecule has 2 heterocycles. The zero-order valence-corrected chi connectivity index (χ0v) is 14.5. The van der Waals surface area contributed by atoms with Crippen molar-refractivity contribution < 1.29 is 4.79 Å². The minimum Gasteiger partial charge on any atom is -0.322 e. The minimum atomic E-state index is -0.331. The van der Waals surface area contributed by atoms with Crippen molar-refractivity contribution in [1.29, 1.82) is 0 Å². The highest BCUT2D eigenvalue weighted by Crippen LogP contribution is 2.27. The van der Waals surface area contributed by atoms with Crippen molar-refractivity contribution in [3.05, 3.63) is 58.0 Å². The van der Waals surface area contributed by atoms with Crippen molar-refractivity contribution in [1.82, 2.24) is 15.2 Å². The van der Waals surface area contributed by atoms with Crippen molar-refractivity contribution in [2.45, 2.75) is 38.5 Å². The van der Waals surface area contributed by atoms with Gasteiger partial charge in [0.25, 0.3) is 5.91 Å². The number of fused-ring (bicyclic) bond motifs is 1. The summed E-state index contributed by atoms with van der Waals surface area (Å²) in [6.07, 6.45) is 7.44. The molecule has 2 aromatic heterocycles. The maximum absolute atomic E-state index is 12.7. The molecule has 1 aliphatic carbocycles. The third-order valence-corrected chi connectivity index (χ3v) is 5.10. The second-order valence-electron chi connectivity index (χ2n) is 7.03. The Kier molecular flexibility index (Phi) is 4.56. The Morgan fingerprint density at radius 3 is 2.81 bits per heavy atom. The summed E-state index contributed by atoms with van der Waals surface area (Å²) in [5.74, 6) is 0.859. The van der Waals surface area contributed by atoms with E-state index in [1.165, 1.54) is 38.2 Å². The molecule has 0 radical (unpaired) electrons. The minimum absolute atomic E-state index is 0.297. The van der Waals surface area contributed by atoms with Crippen LogP contribution < -0.4 is 10.9 Å². The Balaban J connectivity index is 1.51. The third-order valence-electron chi connectivity index (χ3n) is 5.10. The maximum Gasteiger partial charge on any atom is 0.257 e. The topological polar surface area (TPSA) is 90.6 Å². The first-order chi connectivity index (χ1) is 12.7. The number of para-hydroxylation sites is 1. The molecule has 1 fully saturated rings. The number of rotatable bonds is 4. The van der Waals surface area contributed by atoms with Gasteiger partial charge in [0.2, 0.25) is 5.56 Å². The summed E-state index contributed by atoms with van der Waals surface area (Å²) < 4.78 is 0. The molecule has 26 heavy (non-hydrogen) atoms. The van der Waals surface area contributed by atoms with E-state index in [1.54, 1.807) is 6.07 Å². The lowest BCUT2D eigenvalue weighted by atomic mass is 9.86. The van der Waals surface area contributed by atoms with Crippen LogP contribution in [-0.4, -0.2) is 21.1 Å². The van der Waals surface area contributed by atoms with Gasteiger partial charge in [-0.3, -0.25) is 14.7 Å². The highest BCUT2D eigenvalue weighted by atomic mass is 16.2. The highest BCUT2D eigenvalue weighted by molar-refractivity contribution is 6.11. The van der Waals surface area contributed by atoms with E-state index >= 15 is 0 Å². The molecule has 6 nitrogen and oxygen atoms in total. The number of hydrogen-bond donors (Lipinski definition) is 3. The normalized spacial score (nSPS) is 15.2. The number of anilines is 1. The second-order valence-corrected chi connectivity index (χ2v) is 7.03. The Hall–Kier alpha value is -2.89. The van der Waals surface area contributed by atoms with Crippen LogP contribution in [-0.2, 0) is 6.42 Å². The molecule has 1 amide bonds. The number of H-pyrrole nitrogens is 2. The quantitative estimate of drug-likeness (QED) is 0.671. The van der Waals surface area contributed by atoms with Crippen molar-refractivity contribution >= 4 is 22.6 Å². The first kappa shape index (κ1) is 16.6. The molecule has 0 aliphatic heterocycles. The number of aromatic amines is 2. The van der Waals surface area contributed by atoms with Gasteiger partial charge in [0, 0.05) is 28.7 Å². The number of carbonyl (C=O) groups is 1. The van der Waals surface area contributed by atoms with Crippen LogP contribution in [0.5, 0.6) is 0 Å². The number of hydrogen-bond acceptors (Lipinski definition) is 3. The summed E-state index contributed by atoms with van der Waals surface area (Å²) >= 11 is 0. The first-order valence-electron chi connectivity index (χ1n) is 9.17. The standard InChI is InChI=1S/C20H22N4O2/c25-19-12-16(15-8-4-5-9-17(15)21-19)20(26)22-18-11-14(23-24-18)10-13-6-2-1-3-7-13/h4-5,8-9,11-13H,1-3,6-7,10H2,(H,21,25)(H2,22,23,24,26). The summed E-state index contributed by atoms with van der Waals surface area (Å²) in [6, 6.07) is 10.5. The number of carbonyl (C=O) groups excluding carboxylic acids is 1. The summed E-state index contributed by atoms with van der Waals surface area (Å²) in [4.78, 5) is 27.2. The van der Waals surface area contributed by atoms with Crippen LogP contribution in [0.25, 0.3) is 10.9 Å². The van der Waals surface area contributed by atoms with E-state index in [2.05, 4.69) is 20.5 Å². The number of nitrogens with zero attached hydrogens (tertiary/aromatic N) is 1. The van der Waals surface area contributed by atoms with Crippen molar-refractivity contribution in [2.75, 3.05) is 5.32 Å². The largest absolute Gasteiger partial charge is 0.322 e. The van der Waals surface area contributed by atoms with Crippen LogP contribution >= 0.6 is 0 Å². The second kappa shape index (κ2) is 7.15. The Labute approximate surface area is 151 Å². The lowest BCUT2D eigenvalue weighted by molar-refractivity contribution is 0.102. The first-order valence-corrected chi connectivity index (χ1v) is 9.17. The Morgan fingerprint density at radius 1 is 1.15 bits per heavy atom. The molecule has 0 bridgehead atoms. The van der Waals surface area contributed by atoms with Gasteiger partial charge < -0.3 is 10.3 Å². The lowest BCUT2D eigenvalue weighted by Gasteiger charge is -2.20. The molecule has 0 atom stereocenters. The SMILES string of the molecule is O=C(Nc1cc(CC2CCCCC2)[nH]n1)c1cc(=O)[nH]c2ccccc12. The highest BCUT2D eigenvalue weighted by Gasteiger charge is 2.17. The van der Waals surface area contributed by atoms with Gasteiger partial charge >= 0.3 is 0 Å². The van der Waals surface area contributed by atoms with E-state index < -0.39 is 0 Å². The van der Waals surface area contributed by atoms with Crippen LogP contribution in [0.3, 0.4) is 0 Å². The van der Waals surface area contributed by atoms with Gasteiger partial charge in [0.15, 0.2) is 5.82 Å². The monoisotopic (exact) mass is 350 g/mol. The predicted molar refractivity (Wildman–Crippen MR) is 101 cm³/mol. The smallest absolute Gasteiger partial charge is 0.257 e. The Morgan fingerprint density at radius 2 is 1.96 bits per heavy atom.